The molecule has 3 atom stereocenters. The SMILES string of the molecule is CCc1ccc(CC(O)C2SCCSC2C)cc1. The van der Waals surface area contributed by atoms with E-state index >= 15 is 0 Å². The normalized spacial score (nSPS) is 25.9. The van der Waals surface area contributed by atoms with Crippen molar-refractivity contribution in [3.63, 3.8) is 0 Å². The van der Waals surface area contributed by atoms with Gasteiger partial charge in [-0.15, -0.1) is 0 Å². The smallest absolute Gasteiger partial charge is 0.0709 e. The molecule has 100 valence electrons. The van der Waals surface area contributed by atoms with Crippen molar-refractivity contribution in [2.75, 3.05) is 11.5 Å². The summed E-state index contributed by atoms with van der Waals surface area (Å²) in [5, 5.41) is 11.3. The van der Waals surface area contributed by atoms with Crippen LogP contribution in [0.3, 0.4) is 0 Å². The molecule has 0 bridgehead atoms. The molecule has 1 aromatic carbocycles. The Hall–Kier alpha value is -0.120. The maximum Gasteiger partial charge on any atom is 0.0709 e. The largest absolute Gasteiger partial charge is 0.392 e. The van der Waals surface area contributed by atoms with Gasteiger partial charge in [-0.2, -0.15) is 23.5 Å². The van der Waals surface area contributed by atoms with Gasteiger partial charge in [0.2, 0.25) is 0 Å². The molecule has 0 saturated carbocycles. The predicted molar refractivity (Wildman–Crippen MR) is 83.7 cm³/mol. The Labute approximate surface area is 119 Å². The fraction of sp³-hybridized carbons (Fsp3) is 0.600. The zero-order valence-corrected chi connectivity index (χ0v) is 12.8. The number of rotatable bonds is 4. The van der Waals surface area contributed by atoms with Gasteiger partial charge in [0, 0.05) is 22.0 Å². The zero-order valence-electron chi connectivity index (χ0n) is 11.1. The summed E-state index contributed by atoms with van der Waals surface area (Å²) < 4.78 is 0. The van der Waals surface area contributed by atoms with E-state index in [2.05, 4.69) is 38.1 Å². The van der Waals surface area contributed by atoms with Gasteiger partial charge < -0.3 is 5.11 Å². The summed E-state index contributed by atoms with van der Waals surface area (Å²) in [4.78, 5) is 0. The van der Waals surface area contributed by atoms with E-state index in [1.807, 2.05) is 23.5 Å². The minimum atomic E-state index is -0.217. The average Bonchev–Trinajstić information content (AvgIpc) is 2.40. The van der Waals surface area contributed by atoms with Crippen LogP contribution in [0.4, 0.5) is 0 Å². The van der Waals surface area contributed by atoms with Crippen molar-refractivity contribution in [3.05, 3.63) is 35.4 Å². The molecule has 1 fully saturated rings. The number of aliphatic hydroxyl groups excluding tert-OH is 1. The summed E-state index contributed by atoms with van der Waals surface area (Å²) in [7, 11) is 0. The number of hydrogen-bond acceptors (Lipinski definition) is 3. The molecule has 1 aliphatic heterocycles. The van der Waals surface area contributed by atoms with Gasteiger partial charge in [-0.05, 0) is 24.0 Å². The standard InChI is InChI=1S/C15H22OS2/c1-3-12-4-6-13(7-5-12)10-14(16)15-11(2)17-8-9-18-15/h4-7,11,14-16H,3,8-10H2,1-2H3. The van der Waals surface area contributed by atoms with Crippen LogP contribution in [0, 0.1) is 0 Å². The highest BCUT2D eigenvalue weighted by Gasteiger charge is 2.28. The van der Waals surface area contributed by atoms with E-state index in [0.717, 1.165) is 12.8 Å². The molecular formula is C15H22OS2. The molecule has 1 aromatic rings. The van der Waals surface area contributed by atoms with Crippen LogP contribution in [0.2, 0.25) is 0 Å². The molecule has 0 aromatic heterocycles. The highest BCUT2D eigenvalue weighted by Crippen LogP contribution is 2.33. The fourth-order valence-electron chi connectivity index (χ4n) is 2.34. The molecule has 1 heterocycles. The van der Waals surface area contributed by atoms with Gasteiger partial charge in [0.25, 0.3) is 0 Å². The van der Waals surface area contributed by atoms with Gasteiger partial charge in [0.05, 0.1) is 6.10 Å². The first-order valence-corrected chi connectivity index (χ1v) is 8.79. The summed E-state index contributed by atoms with van der Waals surface area (Å²) >= 11 is 3.93. The van der Waals surface area contributed by atoms with E-state index in [9.17, 15) is 5.11 Å². The van der Waals surface area contributed by atoms with Crippen molar-refractivity contribution in [2.24, 2.45) is 0 Å². The summed E-state index contributed by atoms with van der Waals surface area (Å²) in [5.74, 6) is 2.39. The Morgan fingerprint density at radius 3 is 2.39 bits per heavy atom. The molecule has 18 heavy (non-hydrogen) atoms. The highest BCUT2D eigenvalue weighted by molar-refractivity contribution is 8.07. The summed E-state index contributed by atoms with van der Waals surface area (Å²) in [6.07, 6.45) is 1.65. The molecule has 1 nitrogen and oxygen atoms in total. The molecule has 3 heteroatoms. The molecule has 1 saturated heterocycles. The Morgan fingerprint density at radius 1 is 1.17 bits per heavy atom. The van der Waals surface area contributed by atoms with Crippen molar-refractivity contribution in [1.82, 2.24) is 0 Å². The lowest BCUT2D eigenvalue weighted by Crippen LogP contribution is -2.36. The molecular weight excluding hydrogens is 260 g/mol. The van der Waals surface area contributed by atoms with Crippen LogP contribution in [0.1, 0.15) is 25.0 Å². The van der Waals surface area contributed by atoms with Crippen LogP contribution in [-0.4, -0.2) is 33.2 Å². The molecule has 0 amide bonds. The maximum absolute atomic E-state index is 10.4. The molecule has 1 N–H and O–H groups in total. The summed E-state index contributed by atoms with van der Waals surface area (Å²) in [6, 6.07) is 8.67. The molecule has 2 rings (SSSR count). The van der Waals surface area contributed by atoms with Crippen LogP contribution in [0.15, 0.2) is 24.3 Å². The third-order valence-corrected chi connectivity index (χ3v) is 6.73. The first kappa shape index (κ1) is 14.3. The van der Waals surface area contributed by atoms with E-state index < -0.39 is 0 Å². The van der Waals surface area contributed by atoms with Gasteiger partial charge in [-0.1, -0.05) is 38.1 Å². The first-order valence-electron chi connectivity index (χ1n) is 6.69. The van der Waals surface area contributed by atoms with Crippen molar-refractivity contribution in [1.29, 1.82) is 0 Å². The molecule has 3 unspecified atom stereocenters. The minimum absolute atomic E-state index is 0.217. The third-order valence-electron chi connectivity index (χ3n) is 3.49. The van der Waals surface area contributed by atoms with Crippen LogP contribution in [0.25, 0.3) is 0 Å². The van der Waals surface area contributed by atoms with E-state index in [-0.39, 0.29) is 6.10 Å². The van der Waals surface area contributed by atoms with Crippen LogP contribution < -0.4 is 0 Å². The van der Waals surface area contributed by atoms with Crippen molar-refractivity contribution >= 4 is 23.5 Å². The Morgan fingerprint density at radius 2 is 1.78 bits per heavy atom. The molecule has 0 spiro atoms. The number of hydrogen-bond donors (Lipinski definition) is 1. The van der Waals surface area contributed by atoms with Gasteiger partial charge in [0.1, 0.15) is 0 Å². The average molecular weight is 282 g/mol. The van der Waals surface area contributed by atoms with E-state index in [1.165, 1.54) is 22.6 Å². The lowest BCUT2D eigenvalue weighted by Gasteiger charge is -2.31. The van der Waals surface area contributed by atoms with Gasteiger partial charge in [0.15, 0.2) is 0 Å². The number of aryl methyl sites for hydroxylation is 1. The molecule has 0 aliphatic carbocycles. The lowest BCUT2D eigenvalue weighted by molar-refractivity contribution is 0.171. The predicted octanol–water partition coefficient (Wildman–Crippen LogP) is 3.39. The quantitative estimate of drug-likeness (QED) is 0.914. The van der Waals surface area contributed by atoms with Gasteiger partial charge >= 0.3 is 0 Å². The number of benzene rings is 1. The number of aliphatic hydroxyl groups is 1. The Balaban J connectivity index is 1.94. The zero-order chi connectivity index (χ0) is 13.0. The first-order chi connectivity index (χ1) is 8.70. The van der Waals surface area contributed by atoms with Crippen molar-refractivity contribution in [3.8, 4) is 0 Å². The second kappa shape index (κ2) is 6.88. The maximum atomic E-state index is 10.4. The van der Waals surface area contributed by atoms with Crippen molar-refractivity contribution in [2.45, 2.75) is 43.3 Å². The Bertz CT molecular complexity index is 363. The second-order valence-corrected chi connectivity index (χ2v) is 7.62. The van der Waals surface area contributed by atoms with E-state index in [0.29, 0.717) is 10.5 Å². The monoisotopic (exact) mass is 282 g/mol. The summed E-state index contributed by atoms with van der Waals surface area (Å²) in [5.41, 5.74) is 2.62. The van der Waals surface area contributed by atoms with Crippen molar-refractivity contribution < 1.29 is 5.11 Å². The molecule has 1 aliphatic rings. The van der Waals surface area contributed by atoms with E-state index in [1.54, 1.807) is 0 Å². The number of thioether (sulfide) groups is 2. The topological polar surface area (TPSA) is 20.2 Å². The van der Waals surface area contributed by atoms with E-state index in [4.69, 9.17) is 0 Å². The summed E-state index contributed by atoms with van der Waals surface area (Å²) in [6.45, 7) is 4.41. The minimum Gasteiger partial charge on any atom is -0.392 e. The fourth-order valence-corrected chi connectivity index (χ4v) is 5.19. The van der Waals surface area contributed by atoms with Gasteiger partial charge in [-0.3, -0.25) is 0 Å². The Kier molecular flexibility index (Phi) is 5.46. The highest BCUT2D eigenvalue weighted by atomic mass is 32.2. The van der Waals surface area contributed by atoms with Crippen LogP contribution >= 0.6 is 23.5 Å². The third kappa shape index (κ3) is 3.69. The second-order valence-electron chi connectivity index (χ2n) is 4.85. The van der Waals surface area contributed by atoms with Gasteiger partial charge in [-0.25, -0.2) is 0 Å². The van der Waals surface area contributed by atoms with Crippen LogP contribution in [-0.2, 0) is 12.8 Å². The lowest BCUT2D eigenvalue weighted by atomic mass is 10.0. The molecule has 0 radical (unpaired) electrons. The van der Waals surface area contributed by atoms with Crippen LogP contribution in [0.5, 0.6) is 0 Å².